The number of ether oxygens (including phenoxy) is 1. The molecule has 1 atom stereocenters. The molecule has 0 spiro atoms. The first-order chi connectivity index (χ1) is 15.5. The molecule has 0 unspecified atom stereocenters. The summed E-state index contributed by atoms with van der Waals surface area (Å²) < 4.78 is 36.0. The van der Waals surface area contributed by atoms with Crippen molar-refractivity contribution in [2.24, 2.45) is 12.2 Å². The number of nitrogens with two attached hydrogens (primary N) is 1. The minimum absolute atomic E-state index is 0.0462. The molecule has 3 heterocycles. The topological polar surface area (TPSA) is 143 Å². The summed E-state index contributed by atoms with van der Waals surface area (Å²) in [5.41, 5.74) is 2.21. The lowest BCUT2D eigenvalue weighted by atomic mass is 10.0. The summed E-state index contributed by atoms with van der Waals surface area (Å²) in [6.45, 7) is 5.19. The lowest BCUT2D eigenvalue weighted by molar-refractivity contribution is 0.219. The smallest absolute Gasteiger partial charge is 0.259 e. The number of halogens is 1. The van der Waals surface area contributed by atoms with Gasteiger partial charge in [0, 0.05) is 18.2 Å². The van der Waals surface area contributed by atoms with E-state index < -0.39 is 21.2 Å². The number of aryl methyl sites for hydroxylation is 2. The van der Waals surface area contributed by atoms with Gasteiger partial charge in [-0.05, 0) is 50.6 Å². The summed E-state index contributed by atoms with van der Waals surface area (Å²) in [5.74, 6) is 0.212. The van der Waals surface area contributed by atoms with Crippen molar-refractivity contribution in [3.05, 3.63) is 62.5 Å². The number of pyridine rings is 1. The van der Waals surface area contributed by atoms with E-state index >= 15 is 0 Å². The minimum atomic E-state index is -4.20. The molecule has 3 aromatic heterocycles. The van der Waals surface area contributed by atoms with Crippen LogP contribution in [-0.4, -0.2) is 28.4 Å². The van der Waals surface area contributed by atoms with Crippen molar-refractivity contribution in [3.8, 4) is 17.2 Å². The number of aromatic nitrogens is 4. The number of sulfonamides is 1. The van der Waals surface area contributed by atoms with E-state index in [1.54, 1.807) is 33.0 Å². The summed E-state index contributed by atoms with van der Waals surface area (Å²) in [7, 11) is -2.54. The molecule has 10 nitrogen and oxygen atoms in total. The molecule has 12 heteroatoms. The van der Waals surface area contributed by atoms with Crippen LogP contribution < -0.4 is 15.3 Å². The Balaban J connectivity index is 1.89. The Morgan fingerprint density at radius 2 is 1.97 bits per heavy atom. The van der Waals surface area contributed by atoms with Crippen LogP contribution in [0.3, 0.4) is 0 Å². The molecule has 0 aliphatic carbocycles. The first-order valence-electron chi connectivity index (χ1n) is 9.76. The Hall–Kier alpha value is -3.28. The molecular formula is C21H20ClN5O5S. The molecule has 0 saturated heterocycles. The summed E-state index contributed by atoms with van der Waals surface area (Å²) in [4.78, 5) is 18.3. The zero-order valence-electron chi connectivity index (χ0n) is 18.2. The van der Waals surface area contributed by atoms with Crippen molar-refractivity contribution in [2.45, 2.75) is 31.9 Å². The van der Waals surface area contributed by atoms with Gasteiger partial charge in [0.15, 0.2) is 16.9 Å². The van der Waals surface area contributed by atoms with Gasteiger partial charge in [-0.3, -0.25) is 4.79 Å². The lowest BCUT2D eigenvalue weighted by Gasteiger charge is -2.19. The molecule has 4 aromatic rings. The van der Waals surface area contributed by atoms with E-state index in [1.165, 1.54) is 23.1 Å². The van der Waals surface area contributed by atoms with Crippen molar-refractivity contribution in [3.63, 3.8) is 0 Å². The maximum absolute atomic E-state index is 13.2. The summed E-state index contributed by atoms with van der Waals surface area (Å²) >= 11 is 5.84. The second kappa shape index (κ2) is 8.25. The third kappa shape index (κ3) is 4.34. The van der Waals surface area contributed by atoms with E-state index in [0.717, 1.165) is 5.56 Å². The standard InChI is InChI=1S/C21H20ClN5O5S/c1-10-7-13(12(3)31-16-5-6-17(22)25-21(16)33(23,29)30)20-14(8-10)18(28)11(2)19(32-20)15-9-24-27(4)26-15/h5-9,12H,1-4H3,(H2,23,29,30)/t12-/m1/s1. The number of hydrogen-bond acceptors (Lipinski definition) is 8. The molecule has 0 bridgehead atoms. The Kier molecular flexibility index (Phi) is 5.72. The largest absolute Gasteiger partial charge is 0.483 e. The van der Waals surface area contributed by atoms with Crippen LogP contribution in [0.1, 0.15) is 29.7 Å². The molecule has 2 N–H and O–H groups in total. The quantitative estimate of drug-likeness (QED) is 0.421. The van der Waals surface area contributed by atoms with E-state index in [-0.39, 0.29) is 22.1 Å². The van der Waals surface area contributed by atoms with Crippen LogP contribution in [-0.2, 0) is 17.1 Å². The fraction of sp³-hybridized carbons (Fsp3) is 0.238. The van der Waals surface area contributed by atoms with Gasteiger partial charge in [-0.25, -0.2) is 18.5 Å². The molecular weight excluding hydrogens is 470 g/mol. The van der Waals surface area contributed by atoms with Crippen molar-refractivity contribution >= 4 is 32.6 Å². The molecule has 0 saturated carbocycles. The van der Waals surface area contributed by atoms with Gasteiger partial charge < -0.3 is 9.15 Å². The predicted molar refractivity (Wildman–Crippen MR) is 122 cm³/mol. The predicted octanol–water partition coefficient (Wildman–Crippen LogP) is 3.04. The van der Waals surface area contributed by atoms with E-state index in [9.17, 15) is 13.2 Å². The van der Waals surface area contributed by atoms with Gasteiger partial charge in [0.25, 0.3) is 10.0 Å². The zero-order chi connectivity index (χ0) is 24.1. The van der Waals surface area contributed by atoms with Gasteiger partial charge in [-0.2, -0.15) is 15.0 Å². The highest BCUT2D eigenvalue weighted by Crippen LogP contribution is 2.33. The fourth-order valence-electron chi connectivity index (χ4n) is 3.52. The zero-order valence-corrected chi connectivity index (χ0v) is 19.7. The van der Waals surface area contributed by atoms with Crippen molar-refractivity contribution < 1.29 is 17.6 Å². The molecule has 0 amide bonds. The number of benzene rings is 1. The maximum atomic E-state index is 13.2. The summed E-state index contributed by atoms with van der Waals surface area (Å²) in [6, 6.07) is 6.29. The molecule has 1 aromatic carbocycles. The van der Waals surface area contributed by atoms with Gasteiger partial charge in [0.1, 0.15) is 22.5 Å². The summed E-state index contributed by atoms with van der Waals surface area (Å²) in [5, 5.41) is 13.4. The SMILES string of the molecule is Cc1cc([C@@H](C)Oc2ccc(Cl)nc2S(N)(=O)=O)c2oc(-c3cnn(C)n3)c(C)c(=O)c2c1. The minimum Gasteiger partial charge on any atom is -0.483 e. The van der Waals surface area contributed by atoms with E-state index in [2.05, 4.69) is 15.2 Å². The second-order valence-corrected chi connectivity index (χ2v) is 9.44. The van der Waals surface area contributed by atoms with Crippen LogP contribution in [0, 0.1) is 13.8 Å². The first-order valence-corrected chi connectivity index (χ1v) is 11.7. The fourth-order valence-corrected chi connectivity index (χ4v) is 4.34. The number of primary sulfonamides is 1. The van der Waals surface area contributed by atoms with E-state index in [1.807, 2.05) is 6.92 Å². The molecule has 0 fully saturated rings. The van der Waals surface area contributed by atoms with Crippen LogP contribution in [0.5, 0.6) is 5.75 Å². The van der Waals surface area contributed by atoms with Crippen molar-refractivity contribution in [2.75, 3.05) is 0 Å². The Labute approximate surface area is 194 Å². The van der Waals surface area contributed by atoms with Gasteiger partial charge >= 0.3 is 0 Å². The monoisotopic (exact) mass is 489 g/mol. The maximum Gasteiger partial charge on any atom is 0.259 e. The normalized spacial score (nSPS) is 12.8. The Morgan fingerprint density at radius 1 is 1.24 bits per heavy atom. The van der Waals surface area contributed by atoms with Gasteiger partial charge in [-0.15, -0.1) is 0 Å². The average Bonchev–Trinajstić information content (AvgIpc) is 3.17. The van der Waals surface area contributed by atoms with Crippen molar-refractivity contribution in [1.82, 2.24) is 20.0 Å². The van der Waals surface area contributed by atoms with E-state index in [0.29, 0.717) is 27.8 Å². The molecule has 0 aliphatic rings. The highest BCUT2D eigenvalue weighted by Gasteiger charge is 2.24. The Morgan fingerprint density at radius 3 is 2.61 bits per heavy atom. The highest BCUT2D eigenvalue weighted by molar-refractivity contribution is 7.89. The first kappa shape index (κ1) is 22.9. The van der Waals surface area contributed by atoms with Gasteiger partial charge in [0.2, 0.25) is 5.03 Å². The number of nitrogens with zero attached hydrogens (tertiary/aromatic N) is 4. The average molecular weight is 490 g/mol. The third-order valence-corrected chi connectivity index (χ3v) is 6.07. The van der Waals surface area contributed by atoms with Crippen LogP contribution >= 0.6 is 11.6 Å². The lowest BCUT2D eigenvalue weighted by Crippen LogP contribution is -2.17. The number of fused-ring (bicyclic) bond motifs is 1. The third-order valence-electron chi connectivity index (χ3n) is 5.03. The molecule has 4 rings (SSSR count). The van der Waals surface area contributed by atoms with Crippen LogP contribution in [0.2, 0.25) is 5.15 Å². The molecule has 0 aliphatic heterocycles. The highest BCUT2D eigenvalue weighted by atomic mass is 35.5. The van der Waals surface area contributed by atoms with Crippen LogP contribution in [0.4, 0.5) is 0 Å². The van der Waals surface area contributed by atoms with Gasteiger partial charge in [0.05, 0.1) is 11.6 Å². The van der Waals surface area contributed by atoms with E-state index in [4.69, 9.17) is 25.9 Å². The van der Waals surface area contributed by atoms with Crippen LogP contribution in [0.25, 0.3) is 22.4 Å². The summed E-state index contributed by atoms with van der Waals surface area (Å²) in [6.07, 6.45) is 0.763. The van der Waals surface area contributed by atoms with Gasteiger partial charge in [-0.1, -0.05) is 11.6 Å². The Bertz CT molecular complexity index is 1560. The number of rotatable bonds is 5. The number of hydrogen-bond donors (Lipinski definition) is 1. The second-order valence-electron chi connectivity index (χ2n) is 7.58. The van der Waals surface area contributed by atoms with Crippen molar-refractivity contribution in [1.29, 1.82) is 0 Å². The molecule has 33 heavy (non-hydrogen) atoms. The molecule has 0 radical (unpaired) electrons. The van der Waals surface area contributed by atoms with Crippen LogP contribution in [0.15, 0.2) is 44.7 Å². The molecule has 172 valence electrons.